The summed E-state index contributed by atoms with van der Waals surface area (Å²) in [5, 5.41) is 10.1. The molecule has 0 unspecified atom stereocenters. The van der Waals surface area contributed by atoms with Gasteiger partial charge in [-0.3, -0.25) is 4.79 Å². The van der Waals surface area contributed by atoms with Crippen LogP contribution in [0, 0.1) is 18.3 Å². The number of nitriles is 1. The third-order valence-electron chi connectivity index (χ3n) is 4.40. The van der Waals surface area contributed by atoms with E-state index in [9.17, 15) is 13.2 Å². The topological polar surface area (TPSA) is 112 Å². The van der Waals surface area contributed by atoms with Crippen molar-refractivity contribution in [2.45, 2.75) is 13.5 Å². The molecule has 0 saturated heterocycles. The number of rotatable bonds is 7. The molecule has 32 heavy (non-hydrogen) atoms. The number of ether oxygens (including phenoxy) is 1. The van der Waals surface area contributed by atoms with Gasteiger partial charge in [-0.15, -0.1) is 11.3 Å². The Morgan fingerprint density at radius 2 is 1.97 bits per heavy atom. The Balaban J connectivity index is 2.06. The number of anilines is 2. The summed E-state index contributed by atoms with van der Waals surface area (Å²) in [6.07, 6.45) is 0.906. The Kier molecular flexibility index (Phi) is 7.03. The molecular formula is C21H19ClN4O4S2. The van der Waals surface area contributed by atoms with Gasteiger partial charge in [0.1, 0.15) is 11.4 Å². The summed E-state index contributed by atoms with van der Waals surface area (Å²) in [5.41, 5.74) is 2.07. The van der Waals surface area contributed by atoms with E-state index in [1.807, 2.05) is 15.7 Å². The van der Waals surface area contributed by atoms with Gasteiger partial charge in [-0.25, -0.2) is 18.1 Å². The lowest BCUT2D eigenvalue weighted by Crippen LogP contribution is -2.30. The fraction of sp³-hybridized carbons (Fsp3) is 0.190. The molecule has 0 atom stereocenters. The number of hydrogen-bond donors (Lipinski definition) is 1. The van der Waals surface area contributed by atoms with Crippen molar-refractivity contribution >= 4 is 49.7 Å². The molecule has 3 rings (SSSR count). The predicted molar refractivity (Wildman–Crippen MR) is 124 cm³/mol. The van der Waals surface area contributed by atoms with Gasteiger partial charge in [0.25, 0.3) is 5.91 Å². The van der Waals surface area contributed by atoms with E-state index in [1.54, 1.807) is 50.4 Å². The van der Waals surface area contributed by atoms with Crippen LogP contribution in [-0.4, -0.2) is 32.7 Å². The van der Waals surface area contributed by atoms with Crippen molar-refractivity contribution in [1.82, 2.24) is 9.71 Å². The van der Waals surface area contributed by atoms with Gasteiger partial charge in [0.2, 0.25) is 10.0 Å². The quantitative estimate of drug-likeness (QED) is 0.532. The van der Waals surface area contributed by atoms with Gasteiger partial charge in [0, 0.05) is 21.2 Å². The first-order chi connectivity index (χ1) is 15.1. The smallest absolute Gasteiger partial charge is 0.284 e. The lowest BCUT2D eigenvalue weighted by Gasteiger charge is -2.23. The number of nitrogens with zero attached hydrogens (tertiary/aromatic N) is 3. The number of benzene rings is 2. The highest BCUT2D eigenvalue weighted by atomic mass is 35.5. The highest BCUT2D eigenvalue weighted by Gasteiger charge is 2.23. The lowest BCUT2D eigenvalue weighted by atomic mass is 10.1. The number of amides is 1. The summed E-state index contributed by atoms with van der Waals surface area (Å²) >= 11 is 7.33. The summed E-state index contributed by atoms with van der Waals surface area (Å²) < 4.78 is 30.3. The van der Waals surface area contributed by atoms with Crippen LogP contribution >= 0.6 is 22.9 Å². The third-order valence-corrected chi connectivity index (χ3v) is 6.18. The van der Waals surface area contributed by atoms with Gasteiger partial charge in [-0.2, -0.15) is 5.26 Å². The summed E-state index contributed by atoms with van der Waals surface area (Å²) in [7, 11) is -2.18. The molecular weight excluding hydrogens is 472 g/mol. The van der Waals surface area contributed by atoms with Crippen LogP contribution in [0.5, 0.6) is 5.75 Å². The van der Waals surface area contributed by atoms with Gasteiger partial charge in [-0.1, -0.05) is 17.7 Å². The highest BCUT2D eigenvalue weighted by Crippen LogP contribution is 2.35. The Morgan fingerprint density at radius 3 is 2.56 bits per heavy atom. The first-order valence-corrected chi connectivity index (χ1v) is 12.3. The minimum absolute atomic E-state index is 0.0251. The van der Waals surface area contributed by atoms with Crippen molar-refractivity contribution in [2.75, 3.05) is 18.3 Å². The number of aromatic nitrogens is 1. The highest BCUT2D eigenvalue weighted by molar-refractivity contribution is 7.89. The summed E-state index contributed by atoms with van der Waals surface area (Å²) in [5.74, 6) is -0.212. The minimum Gasteiger partial charge on any atom is -0.496 e. The first-order valence-electron chi connectivity index (χ1n) is 9.21. The van der Waals surface area contributed by atoms with Crippen LogP contribution in [0.2, 0.25) is 5.02 Å². The zero-order valence-corrected chi connectivity index (χ0v) is 19.8. The summed E-state index contributed by atoms with van der Waals surface area (Å²) in [6.45, 7) is 2.02. The second kappa shape index (κ2) is 9.56. The van der Waals surface area contributed by atoms with E-state index in [-0.39, 0.29) is 5.69 Å². The number of aryl methyl sites for hydroxylation is 1. The van der Waals surface area contributed by atoms with Gasteiger partial charge in [-0.05, 0) is 43.3 Å². The zero-order valence-electron chi connectivity index (χ0n) is 17.4. The normalized spacial score (nSPS) is 11.0. The Morgan fingerprint density at radius 1 is 1.28 bits per heavy atom. The Hall–Kier alpha value is -3.13. The zero-order chi connectivity index (χ0) is 23.5. The standard InChI is InChI=1S/C21H19ClN4O4S2/c1-13-19(20(27)25-32(3,28)29)24-21(31-13)26(17-8-4-14(11-23)5-9-17)12-15-6-7-16(22)10-18(15)30-2/h4-10H,12H2,1-3H3,(H,25,27). The maximum atomic E-state index is 12.4. The Labute approximate surface area is 195 Å². The molecule has 3 aromatic rings. The van der Waals surface area contributed by atoms with E-state index in [0.29, 0.717) is 32.9 Å². The average Bonchev–Trinajstić information content (AvgIpc) is 3.13. The number of carbonyl (C=O) groups excluding carboxylic acids is 1. The maximum Gasteiger partial charge on any atom is 0.284 e. The van der Waals surface area contributed by atoms with Crippen molar-refractivity contribution in [3.8, 4) is 11.8 Å². The average molecular weight is 491 g/mol. The van der Waals surface area contributed by atoms with Gasteiger partial charge in [0.05, 0.1) is 31.5 Å². The van der Waals surface area contributed by atoms with Crippen LogP contribution in [0.4, 0.5) is 10.8 Å². The van der Waals surface area contributed by atoms with Crippen molar-refractivity contribution in [3.05, 3.63) is 69.2 Å². The number of methoxy groups -OCH3 is 1. The molecule has 11 heteroatoms. The van der Waals surface area contributed by atoms with Gasteiger partial charge < -0.3 is 9.64 Å². The molecule has 2 aromatic carbocycles. The van der Waals surface area contributed by atoms with Crippen LogP contribution in [0.15, 0.2) is 42.5 Å². The number of thiazole rings is 1. The predicted octanol–water partition coefficient (Wildman–Crippen LogP) is 4.01. The first kappa shape index (κ1) is 23.5. The molecule has 0 radical (unpaired) electrons. The van der Waals surface area contributed by atoms with E-state index in [0.717, 1.165) is 17.5 Å². The molecule has 0 aliphatic heterocycles. The van der Waals surface area contributed by atoms with Crippen molar-refractivity contribution in [2.24, 2.45) is 0 Å². The molecule has 0 aliphatic rings. The molecule has 0 bridgehead atoms. The molecule has 8 nitrogen and oxygen atoms in total. The number of carbonyl (C=O) groups is 1. The van der Waals surface area contributed by atoms with Crippen LogP contribution in [0.3, 0.4) is 0 Å². The number of hydrogen-bond acceptors (Lipinski definition) is 8. The summed E-state index contributed by atoms with van der Waals surface area (Å²) in [4.78, 5) is 19.2. The molecule has 0 spiro atoms. The van der Waals surface area contributed by atoms with Crippen molar-refractivity contribution in [3.63, 3.8) is 0 Å². The van der Waals surface area contributed by atoms with Gasteiger partial charge >= 0.3 is 0 Å². The third kappa shape index (κ3) is 5.56. The molecule has 1 N–H and O–H groups in total. The van der Waals surface area contributed by atoms with E-state index in [2.05, 4.69) is 11.1 Å². The largest absolute Gasteiger partial charge is 0.496 e. The number of nitrogens with one attached hydrogen (secondary N) is 1. The monoisotopic (exact) mass is 490 g/mol. The molecule has 0 aliphatic carbocycles. The fourth-order valence-corrected chi connectivity index (χ4v) is 4.45. The number of sulfonamides is 1. The van der Waals surface area contributed by atoms with E-state index >= 15 is 0 Å². The maximum absolute atomic E-state index is 12.4. The summed E-state index contributed by atoms with van der Waals surface area (Å²) in [6, 6.07) is 14.3. The molecule has 1 aromatic heterocycles. The minimum atomic E-state index is -3.73. The Bertz CT molecular complexity index is 1300. The van der Waals surface area contributed by atoms with E-state index in [4.69, 9.17) is 21.6 Å². The second-order valence-electron chi connectivity index (χ2n) is 6.81. The van der Waals surface area contributed by atoms with Crippen molar-refractivity contribution < 1.29 is 17.9 Å². The number of halogens is 1. The molecule has 1 amide bonds. The van der Waals surface area contributed by atoms with E-state index < -0.39 is 15.9 Å². The molecule has 0 saturated carbocycles. The van der Waals surface area contributed by atoms with Crippen LogP contribution < -0.4 is 14.4 Å². The molecule has 1 heterocycles. The molecule has 166 valence electrons. The van der Waals surface area contributed by atoms with Crippen LogP contribution in [0.1, 0.15) is 26.5 Å². The SMILES string of the molecule is COc1cc(Cl)ccc1CN(c1ccc(C#N)cc1)c1nc(C(=O)NS(C)(=O)=O)c(C)s1. The van der Waals surface area contributed by atoms with E-state index in [1.165, 1.54) is 11.3 Å². The van der Waals surface area contributed by atoms with Crippen LogP contribution in [-0.2, 0) is 16.6 Å². The lowest BCUT2D eigenvalue weighted by molar-refractivity contribution is 0.0977. The van der Waals surface area contributed by atoms with Gasteiger partial charge in [0.15, 0.2) is 5.13 Å². The fourth-order valence-electron chi connectivity index (χ4n) is 2.93. The second-order valence-corrected chi connectivity index (χ2v) is 10.2. The van der Waals surface area contributed by atoms with Crippen molar-refractivity contribution in [1.29, 1.82) is 5.26 Å². The molecule has 0 fully saturated rings. The van der Waals surface area contributed by atoms with Crippen LogP contribution in [0.25, 0.3) is 0 Å².